The number of carbonyl (C=O) groups excluding carboxylic acids is 1. The summed E-state index contributed by atoms with van der Waals surface area (Å²) in [6, 6.07) is 15.9. The monoisotopic (exact) mass is 387 g/mol. The maximum absolute atomic E-state index is 12.5. The molecule has 1 aliphatic rings. The molecular formula is C23H25N5O. The predicted molar refractivity (Wildman–Crippen MR) is 116 cm³/mol. The van der Waals surface area contributed by atoms with Gasteiger partial charge in [-0.15, -0.1) is 0 Å². The SMILES string of the molecule is Cc1cccc(/C=C/C(=O)N2CCN(Cc3nc(N)c4ccccc4n3)CC2)c1. The molecule has 0 radical (unpaired) electrons. The fourth-order valence-corrected chi connectivity index (χ4v) is 3.59. The van der Waals surface area contributed by atoms with Crippen LogP contribution in [0.25, 0.3) is 17.0 Å². The van der Waals surface area contributed by atoms with Gasteiger partial charge in [0.2, 0.25) is 5.91 Å². The van der Waals surface area contributed by atoms with Gasteiger partial charge in [0.05, 0.1) is 12.1 Å². The number of benzene rings is 2. The zero-order valence-corrected chi connectivity index (χ0v) is 16.6. The van der Waals surface area contributed by atoms with Crippen molar-refractivity contribution in [3.8, 4) is 0 Å². The number of anilines is 1. The van der Waals surface area contributed by atoms with Crippen molar-refractivity contribution in [1.29, 1.82) is 0 Å². The maximum atomic E-state index is 12.5. The van der Waals surface area contributed by atoms with Crippen molar-refractivity contribution in [1.82, 2.24) is 19.8 Å². The first-order valence-electron chi connectivity index (χ1n) is 9.85. The van der Waals surface area contributed by atoms with E-state index in [9.17, 15) is 4.79 Å². The molecule has 1 aliphatic heterocycles. The Kier molecular flexibility index (Phi) is 5.53. The van der Waals surface area contributed by atoms with Gasteiger partial charge < -0.3 is 10.6 Å². The average Bonchev–Trinajstić information content (AvgIpc) is 2.73. The lowest BCUT2D eigenvalue weighted by Gasteiger charge is -2.33. The van der Waals surface area contributed by atoms with Crippen molar-refractivity contribution in [2.75, 3.05) is 31.9 Å². The standard InChI is InChI=1S/C23H25N5O/c1-17-5-4-6-18(15-17)9-10-22(29)28-13-11-27(12-14-28)16-21-25-20-8-3-2-7-19(20)23(24)26-21/h2-10,15H,11-14,16H2,1H3,(H2,24,25,26)/b10-9+. The lowest BCUT2D eigenvalue weighted by molar-refractivity contribution is -0.127. The second kappa shape index (κ2) is 8.41. The molecule has 29 heavy (non-hydrogen) atoms. The molecule has 2 N–H and O–H groups in total. The molecule has 1 aromatic heterocycles. The smallest absolute Gasteiger partial charge is 0.246 e. The van der Waals surface area contributed by atoms with Gasteiger partial charge in [-0.05, 0) is 30.7 Å². The van der Waals surface area contributed by atoms with Gasteiger partial charge in [0, 0.05) is 37.6 Å². The van der Waals surface area contributed by atoms with Crippen LogP contribution < -0.4 is 5.73 Å². The molecule has 1 saturated heterocycles. The van der Waals surface area contributed by atoms with Crippen molar-refractivity contribution >= 4 is 28.7 Å². The Hall–Kier alpha value is -3.25. The summed E-state index contributed by atoms with van der Waals surface area (Å²) in [6.07, 6.45) is 3.55. The van der Waals surface area contributed by atoms with Crippen LogP contribution in [0, 0.1) is 6.92 Å². The molecular weight excluding hydrogens is 362 g/mol. The van der Waals surface area contributed by atoms with Crippen molar-refractivity contribution in [3.63, 3.8) is 0 Å². The molecule has 0 bridgehead atoms. The number of aryl methyl sites for hydroxylation is 1. The fraction of sp³-hybridized carbons (Fsp3) is 0.261. The van der Waals surface area contributed by atoms with E-state index in [0.717, 1.165) is 35.4 Å². The quantitative estimate of drug-likeness (QED) is 0.697. The Bertz CT molecular complexity index is 1050. The topological polar surface area (TPSA) is 75.4 Å². The second-order valence-corrected chi connectivity index (χ2v) is 7.39. The Morgan fingerprint density at radius 3 is 2.66 bits per heavy atom. The Labute approximate surface area is 170 Å². The van der Waals surface area contributed by atoms with Crippen LogP contribution in [0.2, 0.25) is 0 Å². The summed E-state index contributed by atoms with van der Waals surface area (Å²) < 4.78 is 0. The summed E-state index contributed by atoms with van der Waals surface area (Å²) in [7, 11) is 0. The van der Waals surface area contributed by atoms with Crippen molar-refractivity contribution in [2.45, 2.75) is 13.5 Å². The Morgan fingerprint density at radius 2 is 1.86 bits per heavy atom. The van der Waals surface area contributed by atoms with E-state index in [-0.39, 0.29) is 5.91 Å². The van der Waals surface area contributed by atoms with E-state index in [1.165, 1.54) is 5.56 Å². The summed E-state index contributed by atoms with van der Waals surface area (Å²) in [5.74, 6) is 1.29. The normalized spacial score (nSPS) is 15.3. The first-order chi connectivity index (χ1) is 14.1. The number of nitrogens with zero attached hydrogens (tertiary/aromatic N) is 4. The molecule has 3 aromatic rings. The number of rotatable bonds is 4. The molecule has 4 rings (SSSR count). The van der Waals surface area contributed by atoms with E-state index < -0.39 is 0 Å². The zero-order valence-electron chi connectivity index (χ0n) is 16.6. The lowest BCUT2D eigenvalue weighted by Crippen LogP contribution is -2.48. The molecule has 2 heterocycles. The first kappa shape index (κ1) is 19.1. The number of hydrogen-bond donors (Lipinski definition) is 1. The van der Waals surface area contributed by atoms with Gasteiger partial charge >= 0.3 is 0 Å². The zero-order chi connectivity index (χ0) is 20.2. The van der Waals surface area contributed by atoms with Gasteiger partial charge in [-0.3, -0.25) is 9.69 Å². The third-order valence-corrected chi connectivity index (χ3v) is 5.19. The van der Waals surface area contributed by atoms with Gasteiger partial charge in [0.15, 0.2) is 0 Å². The summed E-state index contributed by atoms with van der Waals surface area (Å²) in [5, 5.41) is 0.882. The van der Waals surface area contributed by atoms with E-state index in [1.807, 2.05) is 60.4 Å². The van der Waals surface area contributed by atoms with Crippen molar-refractivity contribution in [3.05, 3.63) is 71.6 Å². The van der Waals surface area contributed by atoms with Crippen molar-refractivity contribution < 1.29 is 4.79 Å². The first-order valence-corrected chi connectivity index (χ1v) is 9.85. The van der Waals surface area contributed by atoms with Gasteiger partial charge in [-0.25, -0.2) is 9.97 Å². The summed E-state index contributed by atoms with van der Waals surface area (Å²) >= 11 is 0. The van der Waals surface area contributed by atoms with E-state index in [2.05, 4.69) is 20.9 Å². The number of fused-ring (bicyclic) bond motifs is 1. The number of aromatic nitrogens is 2. The third-order valence-electron chi connectivity index (χ3n) is 5.19. The van der Waals surface area contributed by atoms with E-state index in [1.54, 1.807) is 6.08 Å². The summed E-state index contributed by atoms with van der Waals surface area (Å²) in [5.41, 5.74) is 9.18. The van der Waals surface area contributed by atoms with E-state index >= 15 is 0 Å². The highest BCUT2D eigenvalue weighted by atomic mass is 16.2. The highest BCUT2D eigenvalue weighted by Gasteiger charge is 2.20. The van der Waals surface area contributed by atoms with E-state index in [0.29, 0.717) is 25.5 Å². The van der Waals surface area contributed by atoms with Crippen LogP contribution >= 0.6 is 0 Å². The summed E-state index contributed by atoms with van der Waals surface area (Å²) in [6.45, 7) is 5.65. The molecule has 0 atom stereocenters. The number of hydrogen-bond acceptors (Lipinski definition) is 5. The van der Waals surface area contributed by atoms with Gasteiger partial charge in [0.1, 0.15) is 11.6 Å². The van der Waals surface area contributed by atoms with E-state index in [4.69, 9.17) is 5.73 Å². The lowest BCUT2D eigenvalue weighted by atomic mass is 10.1. The molecule has 6 heteroatoms. The van der Waals surface area contributed by atoms with Crippen LogP contribution in [0.15, 0.2) is 54.6 Å². The minimum Gasteiger partial charge on any atom is -0.383 e. The van der Waals surface area contributed by atoms with Crippen LogP contribution in [-0.2, 0) is 11.3 Å². The number of para-hydroxylation sites is 1. The maximum Gasteiger partial charge on any atom is 0.246 e. The number of carbonyl (C=O) groups is 1. The molecule has 0 spiro atoms. The molecule has 0 aliphatic carbocycles. The van der Waals surface area contributed by atoms with Crippen LogP contribution in [0.3, 0.4) is 0 Å². The number of nitrogen functional groups attached to an aromatic ring is 1. The van der Waals surface area contributed by atoms with Crippen LogP contribution in [-0.4, -0.2) is 51.9 Å². The largest absolute Gasteiger partial charge is 0.383 e. The van der Waals surface area contributed by atoms with Gasteiger partial charge in [-0.2, -0.15) is 0 Å². The molecule has 148 valence electrons. The molecule has 0 saturated carbocycles. The van der Waals surface area contributed by atoms with Crippen LogP contribution in [0.4, 0.5) is 5.82 Å². The molecule has 1 fully saturated rings. The Balaban J connectivity index is 1.34. The Morgan fingerprint density at radius 1 is 1.07 bits per heavy atom. The van der Waals surface area contributed by atoms with Crippen molar-refractivity contribution in [2.24, 2.45) is 0 Å². The molecule has 0 unspecified atom stereocenters. The predicted octanol–water partition coefficient (Wildman–Crippen LogP) is 2.88. The van der Waals surface area contributed by atoms with Crippen LogP contribution in [0.1, 0.15) is 17.0 Å². The minimum absolute atomic E-state index is 0.0531. The number of nitrogens with two attached hydrogens (primary N) is 1. The average molecular weight is 387 g/mol. The molecule has 1 amide bonds. The minimum atomic E-state index is 0.0531. The number of amides is 1. The third kappa shape index (κ3) is 4.60. The van der Waals surface area contributed by atoms with Crippen LogP contribution in [0.5, 0.6) is 0 Å². The molecule has 2 aromatic carbocycles. The molecule has 6 nitrogen and oxygen atoms in total. The fourth-order valence-electron chi connectivity index (χ4n) is 3.59. The van der Waals surface area contributed by atoms with Gasteiger partial charge in [0.25, 0.3) is 0 Å². The van der Waals surface area contributed by atoms with Gasteiger partial charge in [-0.1, -0.05) is 42.0 Å². The number of piperazine rings is 1. The highest BCUT2D eigenvalue weighted by molar-refractivity contribution is 5.92. The second-order valence-electron chi connectivity index (χ2n) is 7.39. The summed E-state index contributed by atoms with van der Waals surface area (Å²) in [4.78, 5) is 25.7. The highest BCUT2D eigenvalue weighted by Crippen LogP contribution is 2.18.